The molecule has 3 aromatic carbocycles. The molecule has 1 aliphatic heterocycles. The van der Waals surface area contributed by atoms with Crippen molar-refractivity contribution in [1.29, 1.82) is 0 Å². The third-order valence-electron chi connectivity index (χ3n) is 4.11. The maximum atomic E-state index is 6.37. The maximum Gasteiger partial charge on any atom is 0.196 e. The Morgan fingerprint density at radius 3 is 2.54 bits per heavy atom. The molecule has 1 atom stereocenters. The number of fused-ring (bicyclic) bond motifs is 3. The van der Waals surface area contributed by atoms with Gasteiger partial charge in [-0.1, -0.05) is 46.3 Å². The highest BCUT2D eigenvalue weighted by Crippen LogP contribution is 2.42. The summed E-state index contributed by atoms with van der Waals surface area (Å²) in [5, 5.41) is 3.54. The van der Waals surface area contributed by atoms with E-state index in [-0.39, 0.29) is 6.23 Å². The Morgan fingerprint density at radius 1 is 0.958 bits per heavy atom. The van der Waals surface area contributed by atoms with Crippen LogP contribution in [0.5, 0.6) is 5.75 Å². The molecule has 0 aromatic heterocycles. The highest BCUT2D eigenvalue weighted by atomic mass is 79.9. The molecule has 2 nitrogen and oxygen atoms in total. The van der Waals surface area contributed by atoms with Gasteiger partial charge in [0.15, 0.2) is 6.23 Å². The van der Waals surface area contributed by atoms with Crippen molar-refractivity contribution < 1.29 is 4.74 Å². The molecule has 4 rings (SSSR count). The molecular formula is C20H16BrNOS. The highest BCUT2D eigenvalue weighted by Gasteiger charge is 2.22. The van der Waals surface area contributed by atoms with Crippen molar-refractivity contribution in [3.8, 4) is 16.9 Å². The lowest BCUT2D eigenvalue weighted by atomic mass is 10.0. The van der Waals surface area contributed by atoms with Crippen LogP contribution in [0.25, 0.3) is 11.1 Å². The summed E-state index contributed by atoms with van der Waals surface area (Å²) >= 11 is 5.21. The number of para-hydroxylation sites is 1. The average molecular weight is 398 g/mol. The molecule has 0 aliphatic carbocycles. The van der Waals surface area contributed by atoms with E-state index in [1.807, 2.05) is 18.2 Å². The predicted octanol–water partition coefficient (Wildman–Crippen LogP) is 6.34. The summed E-state index contributed by atoms with van der Waals surface area (Å²) in [6.45, 7) is 0. The minimum atomic E-state index is -0.224. The van der Waals surface area contributed by atoms with Crippen LogP contribution in [0.2, 0.25) is 0 Å². The number of ether oxygens (including phenoxy) is 1. The highest BCUT2D eigenvalue weighted by molar-refractivity contribution is 9.10. The first kappa shape index (κ1) is 15.6. The summed E-state index contributed by atoms with van der Waals surface area (Å²) in [7, 11) is 0. The number of halogens is 1. The first-order valence-electron chi connectivity index (χ1n) is 7.71. The van der Waals surface area contributed by atoms with Gasteiger partial charge in [-0.25, -0.2) is 0 Å². The van der Waals surface area contributed by atoms with Crippen molar-refractivity contribution in [3.63, 3.8) is 0 Å². The fourth-order valence-corrected chi connectivity index (χ4v) is 3.57. The van der Waals surface area contributed by atoms with Gasteiger partial charge in [0.2, 0.25) is 0 Å². The van der Waals surface area contributed by atoms with E-state index in [9.17, 15) is 0 Å². The van der Waals surface area contributed by atoms with Crippen molar-refractivity contribution >= 4 is 33.4 Å². The first-order valence-corrected chi connectivity index (χ1v) is 9.72. The Hall–Kier alpha value is -1.91. The van der Waals surface area contributed by atoms with E-state index >= 15 is 0 Å². The van der Waals surface area contributed by atoms with Crippen LogP contribution < -0.4 is 10.1 Å². The molecular weight excluding hydrogens is 382 g/mol. The largest absolute Gasteiger partial charge is 0.466 e. The smallest absolute Gasteiger partial charge is 0.196 e. The van der Waals surface area contributed by atoms with E-state index in [0.717, 1.165) is 27.0 Å². The third-order valence-corrected chi connectivity index (χ3v) is 5.36. The summed E-state index contributed by atoms with van der Waals surface area (Å²) in [6.07, 6.45) is 1.86. The standard InChI is InChI=1S/C20H16BrNOS/c1-24-15-10-11-17-16-4-2-3-5-18(16)22-20(23-19(17)12-15)13-6-8-14(21)9-7-13/h2-12,20,22H,1H3. The predicted molar refractivity (Wildman–Crippen MR) is 105 cm³/mol. The van der Waals surface area contributed by atoms with Crippen molar-refractivity contribution in [2.45, 2.75) is 11.1 Å². The van der Waals surface area contributed by atoms with Crippen LogP contribution in [0.4, 0.5) is 5.69 Å². The fourth-order valence-electron chi connectivity index (χ4n) is 2.88. The van der Waals surface area contributed by atoms with E-state index in [0.29, 0.717) is 0 Å². The summed E-state index contributed by atoms with van der Waals surface area (Å²) in [4.78, 5) is 1.20. The van der Waals surface area contributed by atoms with Gasteiger partial charge < -0.3 is 10.1 Å². The van der Waals surface area contributed by atoms with Gasteiger partial charge in [-0.15, -0.1) is 11.8 Å². The first-order chi connectivity index (χ1) is 11.7. The van der Waals surface area contributed by atoms with Crippen LogP contribution in [0.1, 0.15) is 11.8 Å². The van der Waals surface area contributed by atoms with Crippen LogP contribution in [0, 0.1) is 0 Å². The lowest BCUT2D eigenvalue weighted by Gasteiger charge is -2.20. The molecule has 0 saturated heterocycles. The second-order valence-electron chi connectivity index (χ2n) is 5.60. The van der Waals surface area contributed by atoms with Gasteiger partial charge >= 0.3 is 0 Å². The number of benzene rings is 3. The molecule has 4 heteroatoms. The van der Waals surface area contributed by atoms with E-state index in [1.54, 1.807) is 11.8 Å². The Balaban J connectivity index is 1.85. The molecule has 1 aliphatic rings. The third kappa shape index (κ3) is 2.92. The van der Waals surface area contributed by atoms with Crippen molar-refractivity contribution in [1.82, 2.24) is 0 Å². The normalized spacial score (nSPS) is 15.5. The summed E-state index contributed by atoms with van der Waals surface area (Å²) < 4.78 is 7.43. The summed E-state index contributed by atoms with van der Waals surface area (Å²) in [6, 6.07) is 23.0. The van der Waals surface area contributed by atoms with Crippen molar-refractivity contribution in [3.05, 3.63) is 76.8 Å². The molecule has 0 bridgehead atoms. The average Bonchev–Trinajstić information content (AvgIpc) is 2.78. The Morgan fingerprint density at radius 2 is 1.75 bits per heavy atom. The molecule has 0 amide bonds. The second kappa shape index (κ2) is 6.54. The molecule has 3 aromatic rings. The van der Waals surface area contributed by atoms with Gasteiger partial charge in [-0.2, -0.15) is 0 Å². The van der Waals surface area contributed by atoms with Gasteiger partial charge in [-0.05, 0) is 42.7 Å². The number of thioether (sulfide) groups is 1. The monoisotopic (exact) mass is 397 g/mol. The number of hydrogen-bond acceptors (Lipinski definition) is 3. The Labute approximate surface area is 154 Å². The summed E-state index contributed by atoms with van der Waals surface area (Å²) in [5.74, 6) is 0.909. The quantitative estimate of drug-likeness (QED) is 0.509. The van der Waals surface area contributed by atoms with Crippen molar-refractivity contribution in [2.24, 2.45) is 0 Å². The van der Waals surface area contributed by atoms with E-state index in [2.05, 4.69) is 76.0 Å². The number of rotatable bonds is 2. The second-order valence-corrected chi connectivity index (χ2v) is 7.40. The van der Waals surface area contributed by atoms with Crippen LogP contribution >= 0.6 is 27.7 Å². The molecule has 1 N–H and O–H groups in total. The van der Waals surface area contributed by atoms with Crippen LogP contribution in [-0.2, 0) is 0 Å². The van der Waals surface area contributed by atoms with Crippen LogP contribution in [-0.4, -0.2) is 6.26 Å². The Bertz CT molecular complexity index is 879. The molecule has 120 valence electrons. The van der Waals surface area contributed by atoms with Crippen LogP contribution in [0.15, 0.2) is 76.1 Å². The zero-order valence-electron chi connectivity index (χ0n) is 13.1. The van der Waals surface area contributed by atoms with Gasteiger partial charge in [-0.3, -0.25) is 0 Å². The molecule has 0 spiro atoms. The lowest BCUT2D eigenvalue weighted by molar-refractivity contribution is 0.238. The maximum absolute atomic E-state index is 6.37. The molecule has 1 heterocycles. The molecule has 0 fully saturated rings. The molecule has 0 radical (unpaired) electrons. The van der Waals surface area contributed by atoms with Crippen molar-refractivity contribution in [2.75, 3.05) is 11.6 Å². The molecule has 0 saturated carbocycles. The zero-order chi connectivity index (χ0) is 16.5. The van der Waals surface area contributed by atoms with E-state index in [1.165, 1.54) is 10.5 Å². The Kier molecular flexibility index (Phi) is 4.25. The minimum absolute atomic E-state index is 0.224. The zero-order valence-corrected chi connectivity index (χ0v) is 15.5. The van der Waals surface area contributed by atoms with E-state index < -0.39 is 0 Å². The van der Waals surface area contributed by atoms with E-state index in [4.69, 9.17) is 4.74 Å². The molecule has 24 heavy (non-hydrogen) atoms. The van der Waals surface area contributed by atoms with Gasteiger partial charge in [0.25, 0.3) is 0 Å². The number of anilines is 1. The number of nitrogens with one attached hydrogen (secondary N) is 1. The topological polar surface area (TPSA) is 21.3 Å². The summed E-state index contributed by atoms with van der Waals surface area (Å²) in [5.41, 5.74) is 4.46. The van der Waals surface area contributed by atoms with Crippen LogP contribution in [0.3, 0.4) is 0 Å². The lowest BCUT2D eigenvalue weighted by Crippen LogP contribution is -2.16. The van der Waals surface area contributed by atoms with Gasteiger partial charge in [0.1, 0.15) is 5.75 Å². The minimum Gasteiger partial charge on any atom is -0.466 e. The fraction of sp³-hybridized carbons (Fsp3) is 0.100. The number of hydrogen-bond donors (Lipinski definition) is 1. The SMILES string of the molecule is CSc1ccc2c(c1)OC(c1ccc(Br)cc1)Nc1ccccc1-2. The molecule has 1 unspecified atom stereocenters. The van der Waals surface area contributed by atoms with Gasteiger partial charge in [0, 0.05) is 31.7 Å². The van der Waals surface area contributed by atoms with Gasteiger partial charge in [0.05, 0.1) is 0 Å².